The third-order valence-electron chi connectivity index (χ3n) is 11.4. The Hall–Kier alpha value is -0.420. The lowest BCUT2D eigenvalue weighted by Gasteiger charge is -2.59. The van der Waals surface area contributed by atoms with Crippen LogP contribution in [-0.4, -0.2) is 38.3 Å². The molecule has 4 aliphatic carbocycles. The van der Waals surface area contributed by atoms with Crippen LogP contribution in [0.1, 0.15) is 111 Å². The van der Waals surface area contributed by atoms with Crippen LogP contribution in [-0.2, 0) is 0 Å². The van der Waals surface area contributed by atoms with Gasteiger partial charge in [-0.15, -0.1) is 0 Å². The van der Waals surface area contributed by atoms with E-state index in [0.29, 0.717) is 22.9 Å². The van der Waals surface area contributed by atoms with E-state index in [0.717, 1.165) is 43.3 Å². The number of nitrogens with two attached hydrogens (primary N) is 2. The molecule has 0 amide bonds. The van der Waals surface area contributed by atoms with E-state index in [1.54, 1.807) is 0 Å². The van der Waals surface area contributed by atoms with E-state index in [2.05, 4.69) is 37.5 Å². The van der Waals surface area contributed by atoms with E-state index in [4.69, 9.17) is 11.5 Å². The van der Waals surface area contributed by atoms with E-state index in [1.807, 2.05) is 5.57 Å². The molecule has 8 atom stereocenters. The lowest BCUT2D eigenvalue weighted by molar-refractivity contribution is -0.0560. The van der Waals surface area contributed by atoms with Crippen LogP contribution in [0.3, 0.4) is 0 Å². The van der Waals surface area contributed by atoms with Gasteiger partial charge in [0.25, 0.3) is 0 Å². The molecule has 6 N–H and O–H groups in total. The molecule has 202 valence electrons. The van der Waals surface area contributed by atoms with Gasteiger partial charge in [-0.05, 0) is 145 Å². The highest BCUT2D eigenvalue weighted by Crippen LogP contribution is 2.67. The van der Waals surface area contributed by atoms with Crippen LogP contribution in [0.25, 0.3) is 0 Å². The Bertz CT molecular complexity index is 691. The van der Waals surface area contributed by atoms with Gasteiger partial charge in [-0.3, -0.25) is 0 Å². The highest BCUT2D eigenvalue weighted by molar-refractivity contribution is 5.26. The number of hydrogen-bond acceptors (Lipinski definition) is 4. The molecule has 0 aromatic rings. The first kappa shape index (κ1) is 27.6. The minimum Gasteiger partial charge on any atom is -0.330 e. The highest BCUT2D eigenvalue weighted by atomic mass is 14.9. The van der Waals surface area contributed by atoms with Gasteiger partial charge in [0.05, 0.1) is 0 Å². The quantitative estimate of drug-likeness (QED) is 0.197. The van der Waals surface area contributed by atoms with Gasteiger partial charge in [-0.2, -0.15) is 0 Å². The van der Waals surface area contributed by atoms with Crippen molar-refractivity contribution in [2.24, 2.45) is 46.0 Å². The lowest BCUT2D eigenvalue weighted by atomic mass is 9.46. The maximum Gasteiger partial charge on any atom is 0.0253 e. The summed E-state index contributed by atoms with van der Waals surface area (Å²) in [5.41, 5.74) is 14.2. The Morgan fingerprint density at radius 2 is 1.60 bits per heavy atom. The van der Waals surface area contributed by atoms with E-state index in [-0.39, 0.29) is 0 Å². The molecule has 3 saturated carbocycles. The van der Waals surface area contributed by atoms with E-state index in [9.17, 15) is 0 Å². The number of rotatable bonds is 13. The maximum absolute atomic E-state index is 5.67. The first-order valence-corrected chi connectivity index (χ1v) is 15.5. The van der Waals surface area contributed by atoms with Crippen LogP contribution >= 0.6 is 0 Å². The molecule has 0 heterocycles. The third-order valence-corrected chi connectivity index (χ3v) is 11.4. The minimum atomic E-state index is 0.465. The first-order chi connectivity index (χ1) is 16.9. The second-order valence-corrected chi connectivity index (χ2v) is 13.3. The van der Waals surface area contributed by atoms with Gasteiger partial charge < -0.3 is 22.1 Å². The molecular formula is C31H58N4. The average molecular weight is 487 g/mol. The fraction of sp³-hybridized carbons (Fsp3) is 0.935. The van der Waals surface area contributed by atoms with Gasteiger partial charge in [0.2, 0.25) is 0 Å². The number of fused-ring (bicyclic) bond motifs is 5. The SMILES string of the molecule is C[C@@H](NCCCCCN)[C@H]1CC[C@H]2[C@@H]3CCC4=C[C@@H](NCCCCCN)CC[C@]4(C)[C@H]3CC[C@]12C. The lowest BCUT2D eigenvalue weighted by Crippen LogP contribution is -2.53. The topological polar surface area (TPSA) is 76.1 Å². The first-order valence-electron chi connectivity index (χ1n) is 15.5. The zero-order valence-electron chi connectivity index (χ0n) is 23.4. The summed E-state index contributed by atoms with van der Waals surface area (Å²) in [5, 5.41) is 7.80. The molecule has 4 aliphatic rings. The van der Waals surface area contributed by atoms with Gasteiger partial charge in [-0.1, -0.05) is 38.3 Å². The molecule has 0 radical (unpaired) electrons. The zero-order chi connectivity index (χ0) is 24.9. The molecule has 0 aromatic heterocycles. The van der Waals surface area contributed by atoms with Crippen molar-refractivity contribution in [1.82, 2.24) is 10.6 Å². The van der Waals surface area contributed by atoms with Gasteiger partial charge in [0, 0.05) is 12.1 Å². The predicted molar refractivity (Wildman–Crippen MR) is 150 cm³/mol. The standard InChI is InChI=1S/C31H58N4/c1-23(34-20-8-4-6-18-32)27-12-13-28-26-11-10-24-22-25(35-21-9-5-7-19-33)14-16-30(24,2)29(26)15-17-31(27,28)3/h22-23,25-29,34-35H,4-21,32-33H2,1-3H3/t23-,25+,26+,27-,28+,29+,30+,31-/m1/s1. The summed E-state index contributed by atoms with van der Waals surface area (Å²) in [7, 11) is 0. The summed E-state index contributed by atoms with van der Waals surface area (Å²) in [6, 6.07) is 1.26. The van der Waals surface area contributed by atoms with Crippen LogP contribution in [0, 0.1) is 34.5 Å². The van der Waals surface area contributed by atoms with Crippen molar-refractivity contribution >= 4 is 0 Å². The predicted octanol–water partition coefficient (Wildman–Crippen LogP) is 5.76. The van der Waals surface area contributed by atoms with Gasteiger partial charge >= 0.3 is 0 Å². The Morgan fingerprint density at radius 3 is 2.34 bits per heavy atom. The van der Waals surface area contributed by atoms with Crippen molar-refractivity contribution in [3.63, 3.8) is 0 Å². The fourth-order valence-electron chi connectivity index (χ4n) is 9.40. The molecule has 4 rings (SSSR count). The molecule has 3 fully saturated rings. The van der Waals surface area contributed by atoms with E-state index < -0.39 is 0 Å². The van der Waals surface area contributed by atoms with Crippen molar-refractivity contribution in [3.8, 4) is 0 Å². The van der Waals surface area contributed by atoms with Crippen LogP contribution in [0.5, 0.6) is 0 Å². The number of hydrogen-bond donors (Lipinski definition) is 4. The molecule has 0 aliphatic heterocycles. The molecule has 0 aromatic carbocycles. The number of unbranched alkanes of at least 4 members (excludes halogenated alkanes) is 4. The molecule has 4 nitrogen and oxygen atoms in total. The molecule has 0 bridgehead atoms. The van der Waals surface area contributed by atoms with Crippen molar-refractivity contribution in [1.29, 1.82) is 0 Å². The minimum absolute atomic E-state index is 0.465. The van der Waals surface area contributed by atoms with Crippen LogP contribution in [0.15, 0.2) is 11.6 Å². The summed E-state index contributed by atoms with van der Waals surface area (Å²) in [4.78, 5) is 0. The monoisotopic (exact) mass is 486 g/mol. The van der Waals surface area contributed by atoms with E-state index >= 15 is 0 Å². The van der Waals surface area contributed by atoms with Crippen molar-refractivity contribution in [2.45, 2.75) is 123 Å². The molecule has 0 unspecified atom stereocenters. The summed E-state index contributed by atoms with van der Waals surface area (Å²) < 4.78 is 0. The maximum atomic E-state index is 5.67. The second-order valence-electron chi connectivity index (χ2n) is 13.3. The Morgan fingerprint density at radius 1 is 0.857 bits per heavy atom. The van der Waals surface area contributed by atoms with Crippen LogP contribution < -0.4 is 22.1 Å². The summed E-state index contributed by atoms with van der Waals surface area (Å²) >= 11 is 0. The highest BCUT2D eigenvalue weighted by Gasteiger charge is 2.59. The number of allylic oxidation sites excluding steroid dienone is 1. The smallest absolute Gasteiger partial charge is 0.0253 e. The van der Waals surface area contributed by atoms with Gasteiger partial charge in [0.15, 0.2) is 0 Å². The van der Waals surface area contributed by atoms with Crippen molar-refractivity contribution in [2.75, 3.05) is 26.2 Å². The molecule has 0 spiro atoms. The molecular weight excluding hydrogens is 428 g/mol. The van der Waals surface area contributed by atoms with Crippen molar-refractivity contribution in [3.05, 3.63) is 11.6 Å². The van der Waals surface area contributed by atoms with Gasteiger partial charge in [0.1, 0.15) is 0 Å². The molecule has 35 heavy (non-hydrogen) atoms. The summed E-state index contributed by atoms with van der Waals surface area (Å²) in [5.74, 6) is 3.68. The van der Waals surface area contributed by atoms with E-state index in [1.165, 1.54) is 96.4 Å². The Labute approximate surface area is 217 Å². The average Bonchev–Trinajstić information content (AvgIpc) is 3.21. The Kier molecular flexibility index (Phi) is 9.79. The molecule has 4 heteroatoms. The zero-order valence-corrected chi connectivity index (χ0v) is 23.4. The van der Waals surface area contributed by atoms with Crippen LogP contribution in [0.4, 0.5) is 0 Å². The largest absolute Gasteiger partial charge is 0.330 e. The number of nitrogens with one attached hydrogen (secondary N) is 2. The third kappa shape index (κ3) is 5.86. The van der Waals surface area contributed by atoms with Crippen molar-refractivity contribution < 1.29 is 0 Å². The molecule has 0 saturated heterocycles. The van der Waals surface area contributed by atoms with Crippen LogP contribution in [0.2, 0.25) is 0 Å². The van der Waals surface area contributed by atoms with Gasteiger partial charge in [-0.25, -0.2) is 0 Å². The normalized spacial score (nSPS) is 39.5. The fourth-order valence-corrected chi connectivity index (χ4v) is 9.40. The summed E-state index contributed by atoms with van der Waals surface area (Å²) in [6.45, 7) is 11.8. The Balaban J connectivity index is 1.35. The summed E-state index contributed by atoms with van der Waals surface area (Å²) in [6.07, 6.45) is 21.4. The second kappa shape index (κ2) is 12.4.